The van der Waals surface area contributed by atoms with Gasteiger partial charge in [0.05, 0.1) is 11.6 Å². The third-order valence-corrected chi connectivity index (χ3v) is 4.08. The van der Waals surface area contributed by atoms with Gasteiger partial charge in [0.2, 0.25) is 0 Å². The highest BCUT2D eigenvalue weighted by Gasteiger charge is 2.24. The van der Waals surface area contributed by atoms with Gasteiger partial charge in [0.1, 0.15) is 5.15 Å². The maximum Gasteiger partial charge on any atom is 0.341 e. The molecule has 1 aromatic carbocycles. The van der Waals surface area contributed by atoms with Gasteiger partial charge in [-0.15, -0.1) is 0 Å². The highest BCUT2D eigenvalue weighted by Crippen LogP contribution is 2.30. The molecule has 0 saturated heterocycles. The lowest BCUT2D eigenvalue weighted by Gasteiger charge is -2.14. The Morgan fingerprint density at radius 3 is 2.91 bits per heavy atom. The van der Waals surface area contributed by atoms with Crippen LogP contribution in [0.15, 0.2) is 42.6 Å². The molecule has 0 aliphatic heterocycles. The van der Waals surface area contributed by atoms with Crippen molar-refractivity contribution in [3.05, 3.63) is 64.4 Å². The molecule has 1 aromatic heterocycles. The Balaban J connectivity index is 1.55. The van der Waals surface area contributed by atoms with E-state index in [-0.39, 0.29) is 29.3 Å². The second-order valence-corrected chi connectivity index (χ2v) is 5.63. The topological polar surface area (TPSA) is 68.3 Å². The van der Waals surface area contributed by atoms with Gasteiger partial charge in [0.15, 0.2) is 6.61 Å². The standard InChI is InChI=1S/C17H15ClN2O3/c18-16-13(6-3-9-19-16)17(22)23-10-15(21)20-14-8-7-11-4-1-2-5-12(11)14/h1-6,9,14H,7-8,10H2,(H,20,21)/t14-/m0/s1. The Hall–Kier alpha value is -2.40. The van der Waals surface area contributed by atoms with Crippen LogP contribution in [-0.2, 0) is 16.0 Å². The van der Waals surface area contributed by atoms with Crippen LogP contribution in [0.25, 0.3) is 0 Å². The molecule has 1 amide bonds. The number of hydrogen-bond donors (Lipinski definition) is 1. The van der Waals surface area contributed by atoms with Crippen LogP contribution in [0.3, 0.4) is 0 Å². The molecule has 0 fully saturated rings. The lowest BCUT2D eigenvalue weighted by Crippen LogP contribution is -2.31. The van der Waals surface area contributed by atoms with E-state index in [1.54, 1.807) is 6.07 Å². The number of fused-ring (bicyclic) bond motifs is 1. The van der Waals surface area contributed by atoms with Crippen LogP contribution < -0.4 is 5.32 Å². The van der Waals surface area contributed by atoms with Crippen molar-refractivity contribution < 1.29 is 14.3 Å². The van der Waals surface area contributed by atoms with Gasteiger partial charge in [-0.3, -0.25) is 4.79 Å². The maximum absolute atomic E-state index is 12.0. The summed E-state index contributed by atoms with van der Waals surface area (Å²) in [5.74, 6) is -0.995. The van der Waals surface area contributed by atoms with Crippen molar-refractivity contribution in [2.75, 3.05) is 6.61 Å². The van der Waals surface area contributed by atoms with Crippen LogP contribution in [0.1, 0.15) is 33.9 Å². The first-order valence-corrected chi connectivity index (χ1v) is 7.68. The number of nitrogens with one attached hydrogen (secondary N) is 1. The SMILES string of the molecule is O=C(COC(=O)c1cccnc1Cl)N[C@H]1CCc2ccccc21. The average molecular weight is 331 g/mol. The lowest BCUT2D eigenvalue weighted by molar-refractivity contribution is -0.125. The fraction of sp³-hybridized carbons (Fsp3) is 0.235. The fourth-order valence-electron chi connectivity index (χ4n) is 2.69. The number of rotatable bonds is 4. The molecule has 0 saturated carbocycles. The number of hydrogen-bond acceptors (Lipinski definition) is 4. The van der Waals surface area contributed by atoms with Crippen molar-refractivity contribution in [3.63, 3.8) is 0 Å². The largest absolute Gasteiger partial charge is 0.452 e. The van der Waals surface area contributed by atoms with Crippen LogP contribution in [0.4, 0.5) is 0 Å². The van der Waals surface area contributed by atoms with Crippen molar-refractivity contribution in [3.8, 4) is 0 Å². The number of pyridine rings is 1. The molecular weight excluding hydrogens is 316 g/mol. The van der Waals surface area contributed by atoms with E-state index in [4.69, 9.17) is 16.3 Å². The number of carbonyl (C=O) groups is 2. The van der Waals surface area contributed by atoms with Crippen molar-refractivity contribution in [2.45, 2.75) is 18.9 Å². The molecule has 23 heavy (non-hydrogen) atoms. The van der Waals surface area contributed by atoms with Gasteiger partial charge in [-0.25, -0.2) is 9.78 Å². The second-order valence-electron chi connectivity index (χ2n) is 5.28. The molecule has 0 unspecified atom stereocenters. The monoisotopic (exact) mass is 330 g/mol. The molecule has 5 nitrogen and oxygen atoms in total. The van der Waals surface area contributed by atoms with Crippen molar-refractivity contribution in [1.82, 2.24) is 10.3 Å². The van der Waals surface area contributed by atoms with Crippen molar-refractivity contribution in [2.24, 2.45) is 0 Å². The van der Waals surface area contributed by atoms with Gasteiger partial charge in [-0.1, -0.05) is 35.9 Å². The summed E-state index contributed by atoms with van der Waals surface area (Å²) in [5.41, 5.74) is 2.52. The van der Waals surface area contributed by atoms with Gasteiger partial charge >= 0.3 is 5.97 Å². The predicted molar refractivity (Wildman–Crippen MR) is 85.2 cm³/mol. The minimum absolute atomic E-state index is 0.0284. The maximum atomic E-state index is 12.0. The zero-order chi connectivity index (χ0) is 16.2. The van der Waals surface area contributed by atoms with Crippen LogP contribution in [0, 0.1) is 0 Å². The average Bonchev–Trinajstić information content (AvgIpc) is 2.96. The molecule has 1 atom stereocenters. The molecule has 2 aromatic rings. The van der Waals surface area contributed by atoms with E-state index in [1.807, 2.05) is 18.2 Å². The number of aryl methyl sites for hydroxylation is 1. The van der Waals surface area contributed by atoms with E-state index in [9.17, 15) is 9.59 Å². The van der Waals surface area contributed by atoms with E-state index in [0.29, 0.717) is 0 Å². The molecule has 1 N–H and O–H groups in total. The Bertz CT molecular complexity index is 748. The van der Waals surface area contributed by atoms with Gasteiger partial charge in [0.25, 0.3) is 5.91 Å². The normalized spacial score (nSPS) is 15.8. The predicted octanol–water partition coefficient (Wildman–Crippen LogP) is 2.70. The highest BCUT2D eigenvalue weighted by atomic mass is 35.5. The summed E-state index contributed by atoms with van der Waals surface area (Å²) >= 11 is 5.82. The van der Waals surface area contributed by atoms with E-state index < -0.39 is 5.97 Å². The van der Waals surface area contributed by atoms with E-state index >= 15 is 0 Å². The number of amides is 1. The molecule has 1 aliphatic carbocycles. The summed E-state index contributed by atoms with van der Waals surface area (Å²) in [6.07, 6.45) is 3.27. The zero-order valence-corrected chi connectivity index (χ0v) is 13.0. The van der Waals surface area contributed by atoms with Crippen LogP contribution in [0.2, 0.25) is 5.15 Å². The molecule has 0 bridgehead atoms. The Morgan fingerprint density at radius 2 is 2.09 bits per heavy atom. The Labute approximate surface area is 138 Å². The summed E-state index contributed by atoms with van der Waals surface area (Å²) in [5, 5.41) is 2.95. The van der Waals surface area contributed by atoms with Gasteiger partial charge < -0.3 is 10.1 Å². The first-order valence-electron chi connectivity index (χ1n) is 7.30. The van der Waals surface area contributed by atoms with Gasteiger partial charge in [0, 0.05) is 6.20 Å². The number of ether oxygens (including phenoxy) is 1. The summed E-state index contributed by atoms with van der Waals surface area (Å²) in [6, 6.07) is 11.1. The van der Waals surface area contributed by atoms with Crippen molar-refractivity contribution >= 4 is 23.5 Å². The van der Waals surface area contributed by atoms with Gasteiger partial charge in [-0.2, -0.15) is 0 Å². The zero-order valence-electron chi connectivity index (χ0n) is 12.3. The summed E-state index contributed by atoms with van der Waals surface area (Å²) < 4.78 is 4.99. The van der Waals surface area contributed by atoms with E-state index in [2.05, 4.69) is 16.4 Å². The third kappa shape index (κ3) is 3.51. The summed E-state index contributed by atoms with van der Waals surface area (Å²) in [6.45, 7) is -0.345. The Morgan fingerprint density at radius 1 is 1.26 bits per heavy atom. The van der Waals surface area contributed by atoms with Crippen LogP contribution >= 0.6 is 11.6 Å². The highest BCUT2D eigenvalue weighted by molar-refractivity contribution is 6.32. The van der Waals surface area contributed by atoms with Crippen LogP contribution in [-0.4, -0.2) is 23.5 Å². The lowest BCUT2D eigenvalue weighted by atomic mass is 10.1. The minimum Gasteiger partial charge on any atom is -0.452 e. The van der Waals surface area contributed by atoms with E-state index in [0.717, 1.165) is 18.4 Å². The molecular formula is C17H15ClN2O3. The molecule has 1 aliphatic rings. The number of benzene rings is 1. The molecule has 6 heteroatoms. The number of esters is 1. The summed E-state index contributed by atoms with van der Waals surface area (Å²) in [4.78, 5) is 27.7. The molecule has 0 radical (unpaired) electrons. The van der Waals surface area contributed by atoms with Gasteiger partial charge in [-0.05, 0) is 36.1 Å². The number of halogens is 1. The smallest absolute Gasteiger partial charge is 0.341 e. The molecule has 118 valence electrons. The number of nitrogens with zero attached hydrogens (tertiary/aromatic N) is 1. The number of aromatic nitrogens is 1. The Kier molecular flexibility index (Phi) is 4.57. The second kappa shape index (κ2) is 6.79. The first-order chi connectivity index (χ1) is 11.1. The van der Waals surface area contributed by atoms with Crippen molar-refractivity contribution in [1.29, 1.82) is 0 Å². The van der Waals surface area contributed by atoms with Crippen LogP contribution in [0.5, 0.6) is 0 Å². The van der Waals surface area contributed by atoms with E-state index in [1.165, 1.54) is 17.8 Å². The minimum atomic E-state index is -0.662. The molecule has 0 spiro atoms. The molecule has 1 heterocycles. The number of carbonyl (C=O) groups excluding carboxylic acids is 2. The molecule has 3 rings (SSSR count). The fourth-order valence-corrected chi connectivity index (χ4v) is 2.89. The first kappa shape index (κ1) is 15.5. The quantitative estimate of drug-likeness (QED) is 0.691. The summed E-state index contributed by atoms with van der Waals surface area (Å²) in [7, 11) is 0. The third-order valence-electron chi connectivity index (χ3n) is 3.78.